The zero-order valence-electron chi connectivity index (χ0n) is 11.0. The van der Waals surface area contributed by atoms with Crippen molar-refractivity contribution in [2.24, 2.45) is 5.84 Å². The standard InChI is InChI=1S/C11H19N5O3/c1-3-11(2,6-7-17)14-10-8(16(18)19)4-5-9(13-10)15-12/h4-5,17H,3,6-7,12H2,1-2H3,(H2,13,14,15). The topological polar surface area (TPSA) is 126 Å². The van der Waals surface area contributed by atoms with Gasteiger partial charge in [-0.3, -0.25) is 10.1 Å². The van der Waals surface area contributed by atoms with Crippen LogP contribution in [0.3, 0.4) is 0 Å². The highest BCUT2D eigenvalue weighted by atomic mass is 16.6. The van der Waals surface area contributed by atoms with Gasteiger partial charge in [0.2, 0.25) is 5.82 Å². The number of nitrogen functional groups attached to an aromatic ring is 1. The van der Waals surface area contributed by atoms with Gasteiger partial charge in [-0.15, -0.1) is 0 Å². The fraction of sp³-hybridized carbons (Fsp3) is 0.545. The Bertz CT molecular complexity index is 454. The van der Waals surface area contributed by atoms with Gasteiger partial charge in [0.15, 0.2) is 0 Å². The molecule has 1 rings (SSSR count). The third-order valence-corrected chi connectivity index (χ3v) is 3.08. The fourth-order valence-electron chi connectivity index (χ4n) is 1.63. The molecule has 0 aliphatic rings. The summed E-state index contributed by atoms with van der Waals surface area (Å²) in [5.41, 5.74) is 1.75. The monoisotopic (exact) mass is 269 g/mol. The predicted molar refractivity (Wildman–Crippen MR) is 72.7 cm³/mol. The third kappa shape index (κ3) is 3.76. The molecule has 8 heteroatoms. The van der Waals surface area contributed by atoms with Gasteiger partial charge in [0, 0.05) is 18.2 Å². The van der Waals surface area contributed by atoms with E-state index in [1.165, 1.54) is 12.1 Å². The van der Waals surface area contributed by atoms with Gasteiger partial charge in [0.1, 0.15) is 5.82 Å². The summed E-state index contributed by atoms with van der Waals surface area (Å²) < 4.78 is 0. The summed E-state index contributed by atoms with van der Waals surface area (Å²) in [5, 5.41) is 23.1. The molecule has 5 N–H and O–H groups in total. The minimum absolute atomic E-state index is 0.0139. The number of hydrogen-bond donors (Lipinski definition) is 4. The van der Waals surface area contributed by atoms with Gasteiger partial charge in [-0.1, -0.05) is 6.92 Å². The molecule has 0 aliphatic carbocycles. The quantitative estimate of drug-likeness (QED) is 0.333. The number of pyridine rings is 1. The number of nitrogens with zero attached hydrogens (tertiary/aromatic N) is 2. The molecule has 1 atom stereocenters. The summed E-state index contributed by atoms with van der Waals surface area (Å²) in [6.45, 7) is 3.79. The van der Waals surface area contributed by atoms with Gasteiger partial charge in [-0.25, -0.2) is 10.8 Å². The summed E-state index contributed by atoms with van der Waals surface area (Å²) in [6.07, 6.45) is 1.15. The van der Waals surface area contributed by atoms with E-state index in [0.29, 0.717) is 18.7 Å². The van der Waals surface area contributed by atoms with Crippen LogP contribution in [0.25, 0.3) is 0 Å². The van der Waals surface area contributed by atoms with Crippen LogP contribution in [-0.2, 0) is 0 Å². The number of nitrogens with one attached hydrogen (secondary N) is 2. The van der Waals surface area contributed by atoms with Crippen molar-refractivity contribution in [1.29, 1.82) is 0 Å². The maximum atomic E-state index is 11.0. The van der Waals surface area contributed by atoms with E-state index in [-0.39, 0.29) is 18.1 Å². The lowest BCUT2D eigenvalue weighted by atomic mass is 9.95. The fourth-order valence-corrected chi connectivity index (χ4v) is 1.63. The third-order valence-electron chi connectivity index (χ3n) is 3.08. The van der Waals surface area contributed by atoms with Crippen molar-refractivity contribution in [1.82, 2.24) is 4.98 Å². The van der Waals surface area contributed by atoms with Crippen molar-refractivity contribution >= 4 is 17.3 Å². The molecule has 0 bridgehead atoms. The summed E-state index contributed by atoms with van der Waals surface area (Å²) in [6, 6.07) is 2.76. The summed E-state index contributed by atoms with van der Waals surface area (Å²) in [4.78, 5) is 14.5. The molecular formula is C11H19N5O3. The second-order valence-electron chi connectivity index (χ2n) is 4.48. The van der Waals surface area contributed by atoms with E-state index in [9.17, 15) is 10.1 Å². The number of nitro groups is 1. The Balaban J connectivity index is 3.12. The van der Waals surface area contributed by atoms with Gasteiger partial charge in [-0.05, 0) is 25.8 Å². The number of nitrogens with two attached hydrogens (primary N) is 1. The predicted octanol–water partition coefficient (Wildman–Crippen LogP) is 1.24. The minimum Gasteiger partial charge on any atom is -0.396 e. The van der Waals surface area contributed by atoms with Crippen LogP contribution in [0, 0.1) is 10.1 Å². The average molecular weight is 269 g/mol. The molecule has 0 spiro atoms. The zero-order chi connectivity index (χ0) is 14.5. The van der Waals surface area contributed by atoms with E-state index in [4.69, 9.17) is 10.9 Å². The molecule has 0 aromatic carbocycles. The molecule has 0 aliphatic heterocycles. The number of anilines is 2. The SMILES string of the molecule is CCC(C)(CCO)Nc1nc(NN)ccc1[N+](=O)[O-]. The van der Waals surface area contributed by atoms with Crippen LogP contribution in [0.15, 0.2) is 12.1 Å². The van der Waals surface area contributed by atoms with E-state index in [1.54, 1.807) is 0 Å². The first-order chi connectivity index (χ1) is 8.95. The number of aromatic nitrogens is 1. The van der Waals surface area contributed by atoms with Crippen molar-refractivity contribution in [3.8, 4) is 0 Å². The lowest BCUT2D eigenvalue weighted by Gasteiger charge is -2.29. The molecule has 0 fully saturated rings. The average Bonchev–Trinajstić information content (AvgIpc) is 2.38. The van der Waals surface area contributed by atoms with Crippen LogP contribution in [0.1, 0.15) is 26.7 Å². The maximum Gasteiger partial charge on any atom is 0.311 e. The van der Waals surface area contributed by atoms with E-state index >= 15 is 0 Å². The summed E-state index contributed by atoms with van der Waals surface area (Å²) in [7, 11) is 0. The molecule has 8 nitrogen and oxygen atoms in total. The second-order valence-corrected chi connectivity index (χ2v) is 4.48. The molecule has 0 amide bonds. The first kappa shape index (κ1) is 15.1. The molecule has 1 heterocycles. The molecule has 1 aromatic heterocycles. The first-order valence-electron chi connectivity index (χ1n) is 5.97. The van der Waals surface area contributed by atoms with Crippen LogP contribution in [0.4, 0.5) is 17.3 Å². The Morgan fingerprint density at radius 1 is 1.58 bits per heavy atom. The van der Waals surface area contributed by atoms with Gasteiger partial charge in [0.25, 0.3) is 0 Å². The van der Waals surface area contributed by atoms with E-state index in [0.717, 1.165) is 0 Å². The van der Waals surface area contributed by atoms with Crippen molar-refractivity contribution in [3.63, 3.8) is 0 Å². The summed E-state index contributed by atoms with van der Waals surface area (Å²) in [5.74, 6) is 5.72. The normalized spacial score (nSPS) is 13.7. The van der Waals surface area contributed by atoms with Gasteiger partial charge >= 0.3 is 5.69 Å². The number of hydrogen-bond acceptors (Lipinski definition) is 7. The first-order valence-corrected chi connectivity index (χ1v) is 5.97. The highest BCUT2D eigenvalue weighted by Gasteiger charge is 2.26. The Labute approximate surface area is 111 Å². The summed E-state index contributed by atoms with van der Waals surface area (Å²) >= 11 is 0. The Morgan fingerprint density at radius 2 is 2.26 bits per heavy atom. The largest absolute Gasteiger partial charge is 0.396 e. The lowest BCUT2D eigenvalue weighted by Crippen LogP contribution is -2.35. The van der Waals surface area contributed by atoms with E-state index in [2.05, 4.69) is 15.7 Å². The second kappa shape index (κ2) is 6.30. The number of rotatable bonds is 7. The molecule has 0 radical (unpaired) electrons. The number of aliphatic hydroxyl groups is 1. The number of aliphatic hydroxyl groups excluding tert-OH is 1. The minimum atomic E-state index is -0.509. The molecular weight excluding hydrogens is 250 g/mol. The Morgan fingerprint density at radius 3 is 2.74 bits per heavy atom. The van der Waals surface area contributed by atoms with Gasteiger partial charge < -0.3 is 15.8 Å². The Kier molecular flexibility index (Phi) is 5.02. The highest BCUT2D eigenvalue weighted by molar-refractivity contribution is 5.61. The highest BCUT2D eigenvalue weighted by Crippen LogP contribution is 2.29. The van der Waals surface area contributed by atoms with E-state index < -0.39 is 10.5 Å². The van der Waals surface area contributed by atoms with Gasteiger partial charge in [0.05, 0.1) is 4.92 Å². The molecule has 0 saturated heterocycles. The van der Waals surface area contributed by atoms with Gasteiger partial charge in [-0.2, -0.15) is 0 Å². The van der Waals surface area contributed by atoms with E-state index in [1.807, 2.05) is 13.8 Å². The van der Waals surface area contributed by atoms with Crippen molar-refractivity contribution < 1.29 is 10.0 Å². The van der Waals surface area contributed by atoms with Crippen LogP contribution in [0.5, 0.6) is 0 Å². The molecule has 0 saturated carbocycles. The molecule has 1 unspecified atom stereocenters. The van der Waals surface area contributed by atoms with Crippen LogP contribution in [-0.4, -0.2) is 27.2 Å². The van der Waals surface area contributed by atoms with Crippen molar-refractivity contribution in [2.75, 3.05) is 17.3 Å². The molecule has 19 heavy (non-hydrogen) atoms. The van der Waals surface area contributed by atoms with Crippen molar-refractivity contribution in [2.45, 2.75) is 32.2 Å². The van der Waals surface area contributed by atoms with Crippen LogP contribution >= 0.6 is 0 Å². The Hall–Kier alpha value is -1.93. The number of hydrazine groups is 1. The lowest BCUT2D eigenvalue weighted by molar-refractivity contribution is -0.384. The molecule has 1 aromatic rings. The maximum absolute atomic E-state index is 11.0. The van der Waals surface area contributed by atoms with Crippen molar-refractivity contribution in [3.05, 3.63) is 22.2 Å². The molecule has 106 valence electrons. The smallest absolute Gasteiger partial charge is 0.311 e. The van der Waals surface area contributed by atoms with Crippen LogP contribution in [0.2, 0.25) is 0 Å². The zero-order valence-corrected chi connectivity index (χ0v) is 11.0. The van der Waals surface area contributed by atoms with Crippen LogP contribution < -0.4 is 16.6 Å².